The summed E-state index contributed by atoms with van der Waals surface area (Å²) in [5.74, 6) is 0.303. The number of esters is 1. The SMILES string of the molecule is CCOC(=O)c1c(-c2ccc(Cl)cc2)csc1NC(=O)c1ccc(OCc2nnnn2C(C)C)cc1. The first-order chi connectivity index (χ1) is 17.4. The van der Waals surface area contributed by atoms with E-state index >= 15 is 0 Å². The molecule has 0 bridgehead atoms. The van der Waals surface area contributed by atoms with E-state index in [2.05, 4.69) is 20.8 Å². The van der Waals surface area contributed by atoms with Crippen LogP contribution >= 0.6 is 22.9 Å². The van der Waals surface area contributed by atoms with Crippen molar-refractivity contribution in [2.24, 2.45) is 0 Å². The molecule has 36 heavy (non-hydrogen) atoms. The maximum absolute atomic E-state index is 13.0. The molecule has 1 N–H and O–H groups in total. The molecule has 0 atom stereocenters. The van der Waals surface area contributed by atoms with Gasteiger partial charge in [-0.25, -0.2) is 9.48 Å². The van der Waals surface area contributed by atoms with Gasteiger partial charge in [-0.3, -0.25) is 4.79 Å². The molecular weight excluding hydrogens is 502 g/mol. The fraction of sp³-hybridized carbons (Fsp3) is 0.240. The minimum absolute atomic E-state index is 0.113. The van der Waals surface area contributed by atoms with E-state index in [9.17, 15) is 9.59 Å². The van der Waals surface area contributed by atoms with Gasteiger partial charge < -0.3 is 14.8 Å². The molecule has 0 aliphatic heterocycles. The first kappa shape index (κ1) is 25.3. The highest BCUT2D eigenvalue weighted by atomic mass is 35.5. The van der Waals surface area contributed by atoms with Crippen molar-refractivity contribution in [1.82, 2.24) is 20.2 Å². The molecule has 0 saturated heterocycles. The monoisotopic (exact) mass is 525 g/mol. The Morgan fingerprint density at radius 3 is 2.50 bits per heavy atom. The summed E-state index contributed by atoms with van der Waals surface area (Å²) in [6.45, 7) is 6.10. The predicted octanol–water partition coefficient (Wildman–Crippen LogP) is 5.64. The molecule has 0 unspecified atom stereocenters. The molecule has 0 radical (unpaired) electrons. The number of ether oxygens (including phenoxy) is 2. The molecule has 0 spiro atoms. The summed E-state index contributed by atoms with van der Waals surface area (Å²) in [4.78, 5) is 25.7. The number of anilines is 1. The second-order valence-corrected chi connectivity index (χ2v) is 9.30. The highest BCUT2D eigenvalue weighted by Crippen LogP contribution is 2.37. The summed E-state index contributed by atoms with van der Waals surface area (Å²) in [6, 6.07) is 13.9. The minimum Gasteiger partial charge on any atom is -0.486 e. The largest absolute Gasteiger partial charge is 0.486 e. The third-order valence-corrected chi connectivity index (χ3v) is 6.33. The van der Waals surface area contributed by atoms with Crippen molar-refractivity contribution in [3.63, 3.8) is 0 Å². The molecule has 2 aromatic heterocycles. The van der Waals surface area contributed by atoms with E-state index in [0.717, 1.165) is 5.56 Å². The van der Waals surface area contributed by atoms with Gasteiger partial charge in [-0.05, 0) is 73.2 Å². The average Bonchev–Trinajstić information content (AvgIpc) is 3.51. The number of tetrazole rings is 1. The minimum atomic E-state index is -0.508. The number of amides is 1. The van der Waals surface area contributed by atoms with Gasteiger partial charge >= 0.3 is 5.97 Å². The number of nitrogens with one attached hydrogen (secondary N) is 1. The van der Waals surface area contributed by atoms with E-state index in [-0.39, 0.29) is 25.2 Å². The van der Waals surface area contributed by atoms with Crippen molar-refractivity contribution in [3.05, 3.63) is 75.9 Å². The van der Waals surface area contributed by atoms with E-state index < -0.39 is 5.97 Å². The van der Waals surface area contributed by atoms with Gasteiger partial charge in [0, 0.05) is 21.5 Å². The van der Waals surface area contributed by atoms with Crippen molar-refractivity contribution in [1.29, 1.82) is 0 Å². The Morgan fingerprint density at radius 1 is 1.11 bits per heavy atom. The molecule has 186 valence electrons. The van der Waals surface area contributed by atoms with Crippen molar-refractivity contribution in [3.8, 4) is 16.9 Å². The van der Waals surface area contributed by atoms with Gasteiger partial charge in [-0.15, -0.1) is 16.4 Å². The van der Waals surface area contributed by atoms with E-state index in [0.29, 0.717) is 38.3 Å². The summed E-state index contributed by atoms with van der Waals surface area (Å²) < 4.78 is 12.7. The van der Waals surface area contributed by atoms with Gasteiger partial charge in [0.2, 0.25) is 0 Å². The van der Waals surface area contributed by atoms with Gasteiger partial charge in [0.05, 0.1) is 12.6 Å². The summed E-state index contributed by atoms with van der Waals surface area (Å²) in [7, 11) is 0. The normalized spacial score (nSPS) is 10.9. The number of hydrogen-bond donors (Lipinski definition) is 1. The Balaban J connectivity index is 1.49. The summed E-state index contributed by atoms with van der Waals surface area (Å²) in [5, 5.41) is 17.3. The number of nitrogens with zero attached hydrogens (tertiary/aromatic N) is 4. The molecule has 1 amide bonds. The van der Waals surface area contributed by atoms with E-state index in [4.69, 9.17) is 21.1 Å². The molecule has 9 nitrogen and oxygen atoms in total. The average molecular weight is 526 g/mol. The zero-order chi connectivity index (χ0) is 25.7. The number of thiophene rings is 1. The quantitative estimate of drug-likeness (QED) is 0.281. The van der Waals surface area contributed by atoms with Crippen molar-refractivity contribution < 1.29 is 19.1 Å². The number of carbonyl (C=O) groups is 2. The standard InChI is InChI=1S/C25H24ClN5O4S/c1-4-34-25(33)22-20(16-5-9-18(26)10-6-16)14-36-24(22)27-23(32)17-7-11-19(12-8-17)35-13-21-28-29-30-31(21)15(2)3/h5-12,14-15H,4,13H2,1-3H3,(H,27,32). The third-order valence-electron chi connectivity index (χ3n) is 5.19. The summed E-state index contributed by atoms with van der Waals surface area (Å²) in [6.07, 6.45) is 0. The van der Waals surface area contributed by atoms with Crippen LogP contribution in [-0.4, -0.2) is 38.7 Å². The molecule has 0 fully saturated rings. The van der Waals surface area contributed by atoms with Crippen LogP contribution in [0.15, 0.2) is 53.9 Å². The Labute approximate surface area is 217 Å². The molecule has 0 aliphatic carbocycles. The molecular formula is C25H24ClN5O4S. The molecule has 2 heterocycles. The lowest BCUT2D eigenvalue weighted by Gasteiger charge is -2.10. The number of benzene rings is 2. The zero-order valence-corrected chi connectivity index (χ0v) is 21.5. The summed E-state index contributed by atoms with van der Waals surface area (Å²) in [5.41, 5.74) is 2.17. The van der Waals surface area contributed by atoms with Crippen LogP contribution in [0.2, 0.25) is 5.02 Å². The Bertz CT molecular complexity index is 1350. The second-order valence-electron chi connectivity index (χ2n) is 7.98. The fourth-order valence-corrected chi connectivity index (χ4v) is 4.51. The van der Waals surface area contributed by atoms with Crippen LogP contribution in [0, 0.1) is 0 Å². The van der Waals surface area contributed by atoms with Crippen LogP contribution in [-0.2, 0) is 11.3 Å². The van der Waals surface area contributed by atoms with Crippen molar-refractivity contribution in [2.45, 2.75) is 33.4 Å². The molecule has 4 rings (SSSR count). The molecule has 2 aromatic carbocycles. The third kappa shape index (κ3) is 5.72. The van der Waals surface area contributed by atoms with Gasteiger partial charge in [0.1, 0.15) is 22.9 Å². The van der Waals surface area contributed by atoms with Gasteiger partial charge in [0.25, 0.3) is 5.91 Å². The highest BCUT2D eigenvalue weighted by molar-refractivity contribution is 7.15. The Hall–Kier alpha value is -3.76. The topological polar surface area (TPSA) is 108 Å². The molecule has 4 aromatic rings. The number of aromatic nitrogens is 4. The Morgan fingerprint density at radius 2 is 1.83 bits per heavy atom. The first-order valence-corrected chi connectivity index (χ1v) is 12.5. The van der Waals surface area contributed by atoms with Crippen LogP contribution in [0.5, 0.6) is 5.75 Å². The van der Waals surface area contributed by atoms with Crippen LogP contribution < -0.4 is 10.1 Å². The second kappa shape index (κ2) is 11.3. The number of carbonyl (C=O) groups excluding carboxylic acids is 2. The lowest BCUT2D eigenvalue weighted by molar-refractivity contribution is 0.0529. The highest BCUT2D eigenvalue weighted by Gasteiger charge is 2.23. The zero-order valence-electron chi connectivity index (χ0n) is 19.9. The lowest BCUT2D eigenvalue weighted by Crippen LogP contribution is -2.15. The van der Waals surface area contributed by atoms with E-state index in [1.54, 1.807) is 48.0 Å². The lowest BCUT2D eigenvalue weighted by atomic mass is 10.0. The number of hydrogen-bond acceptors (Lipinski definition) is 8. The maximum atomic E-state index is 13.0. The van der Waals surface area contributed by atoms with Crippen LogP contribution in [0.1, 0.15) is 53.4 Å². The van der Waals surface area contributed by atoms with Gasteiger partial charge in [-0.2, -0.15) is 0 Å². The van der Waals surface area contributed by atoms with Crippen LogP contribution in [0.4, 0.5) is 5.00 Å². The smallest absolute Gasteiger partial charge is 0.341 e. The number of halogens is 1. The first-order valence-electron chi connectivity index (χ1n) is 11.2. The molecule has 11 heteroatoms. The molecule has 0 saturated carbocycles. The Kier molecular flexibility index (Phi) is 7.97. The summed E-state index contributed by atoms with van der Waals surface area (Å²) >= 11 is 7.26. The molecule has 0 aliphatic rings. The maximum Gasteiger partial charge on any atom is 0.341 e. The van der Waals surface area contributed by atoms with E-state index in [1.165, 1.54) is 11.3 Å². The fourth-order valence-electron chi connectivity index (χ4n) is 3.43. The van der Waals surface area contributed by atoms with Crippen molar-refractivity contribution >= 4 is 39.8 Å². The van der Waals surface area contributed by atoms with E-state index in [1.807, 2.05) is 31.4 Å². The van der Waals surface area contributed by atoms with Crippen LogP contribution in [0.3, 0.4) is 0 Å². The van der Waals surface area contributed by atoms with Gasteiger partial charge in [-0.1, -0.05) is 23.7 Å². The number of rotatable bonds is 9. The van der Waals surface area contributed by atoms with Crippen molar-refractivity contribution in [2.75, 3.05) is 11.9 Å². The van der Waals surface area contributed by atoms with Gasteiger partial charge in [0.15, 0.2) is 5.82 Å². The van der Waals surface area contributed by atoms with Crippen LogP contribution in [0.25, 0.3) is 11.1 Å². The predicted molar refractivity (Wildman–Crippen MR) is 138 cm³/mol.